The van der Waals surface area contributed by atoms with Crippen LogP contribution < -0.4 is 24.4 Å². The molecule has 3 N–H and O–H groups in total. The van der Waals surface area contributed by atoms with Crippen molar-refractivity contribution in [1.82, 2.24) is 24.6 Å². The van der Waals surface area contributed by atoms with E-state index in [1.807, 2.05) is 12.1 Å². The number of H-pyrrole nitrogens is 1. The van der Waals surface area contributed by atoms with Crippen LogP contribution in [0.25, 0.3) is 11.0 Å². The number of fused-ring (bicyclic) bond motifs is 2. The summed E-state index contributed by atoms with van der Waals surface area (Å²) in [6.45, 7) is 8.85. The molecule has 2 aromatic carbocycles. The second kappa shape index (κ2) is 17.5. The molecule has 1 spiro atoms. The SMILES string of the molecule is CC(C)c1ccccc1[C@@H]1CCCN1C1CC2(CCN(c3ccc(C(=O)NS(=O)(=O)c4cc([N+](=O)[O-])c5c(n4)OC[C@H](CC4CCOCC4)N5)c(Oc4cnc5[nH]ccc5c4)c3)CC2)C1. The molecule has 0 unspecified atom stereocenters. The Kier molecular flexibility index (Phi) is 11.6. The van der Waals surface area contributed by atoms with E-state index in [9.17, 15) is 23.3 Å². The number of benzene rings is 2. The van der Waals surface area contributed by atoms with E-state index in [0.29, 0.717) is 60.4 Å². The summed E-state index contributed by atoms with van der Waals surface area (Å²) >= 11 is 0. The van der Waals surface area contributed by atoms with Crippen LogP contribution >= 0.6 is 0 Å². The van der Waals surface area contributed by atoms with E-state index < -0.39 is 31.6 Å². The summed E-state index contributed by atoms with van der Waals surface area (Å²) in [6, 6.07) is 19.4. The number of pyridine rings is 2. The summed E-state index contributed by atoms with van der Waals surface area (Å²) in [5.41, 5.74) is 4.19. The van der Waals surface area contributed by atoms with Crippen molar-refractivity contribution in [3.05, 3.63) is 99.9 Å². The maximum Gasteiger partial charge on any atom is 0.300 e. The molecule has 342 valence electrons. The van der Waals surface area contributed by atoms with E-state index in [4.69, 9.17) is 14.2 Å². The van der Waals surface area contributed by atoms with Gasteiger partial charge >= 0.3 is 5.69 Å². The molecule has 5 aliphatic rings. The first-order chi connectivity index (χ1) is 31.4. The number of ether oxygens (including phenoxy) is 3. The minimum absolute atomic E-state index is 0.00658. The molecule has 3 saturated heterocycles. The minimum Gasteiger partial charge on any atom is -0.474 e. The number of amides is 1. The Labute approximate surface area is 378 Å². The molecule has 0 bridgehead atoms. The molecule has 4 aliphatic heterocycles. The highest BCUT2D eigenvalue weighted by Crippen LogP contribution is 2.54. The van der Waals surface area contributed by atoms with Gasteiger partial charge in [-0.1, -0.05) is 38.1 Å². The second-order valence-electron chi connectivity index (χ2n) is 18.9. The average Bonchev–Trinajstić information content (AvgIpc) is 3.98. The Morgan fingerprint density at radius 2 is 1.85 bits per heavy atom. The fourth-order valence-electron chi connectivity index (χ4n) is 11.0. The van der Waals surface area contributed by atoms with Crippen LogP contribution in [0.2, 0.25) is 0 Å². The average molecular weight is 905 g/mol. The van der Waals surface area contributed by atoms with Gasteiger partial charge in [-0.2, -0.15) is 13.4 Å². The smallest absolute Gasteiger partial charge is 0.300 e. The zero-order valence-corrected chi connectivity index (χ0v) is 37.6. The van der Waals surface area contributed by atoms with Crippen molar-refractivity contribution in [2.45, 2.75) is 101 Å². The van der Waals surface area contributed by atoms with Crippen LogP contribution in [0.3, 0.4) is 0 Å². The van der Waals surface area contributed by atoms with E-state index in [2.05, 4.69) is 72.9 Å². The highest BCUT2D eigenvalue weighted by atomic mass is 32.2. The van der Waals surface area contributed by atoms with E-state index in [-0.39, 0.29) is 35.5 Å². The normalized spacial score (nSPS) is 21.4. The highest BCUT2D eigenvalue weighted by Gasteiger charge is 2.50. The Balaban J connectivity index is 0.853. The largest absolute Gasteiger partial charge is 0.474 e. The summed E-state index contributed by atoms with van der Waals surface area (Å²) in [5, 5.41) is 15.5. The van der Waals surface area contributed by atoms with Crippen LogP contribution in [-0.4, -0.2) is 90.6 Å². The number of anilines is 2. The first-order valence-electron chi connectivity index (χ1n) is 23.0. The number of nitro groups is 1. The molecule has 7 heterocycles. The maximum atomic E-state index is 14.1. The van der Waals surface area contributed by atoms with E-state index in [0.717, 1.165) is 62.5 Å². The van der Waals surface area contributed by atoms with Crippen LogP contribution in [-0.2, 0) is 14.8 Å². The number of likely N-dealkylation sites (tertiary alicyclic amines) is 1. The van der Waals surface area contributed by atoms with Gasteiger partial charge in [-0.25, -0.2) is 9.71 Å². The monoisotopic (exact) mass is 904 g/mol. The number of nitrogens with zero attached hydrogens (tertiary/aromatic N) is 5. The quantitative estimate of drug-likeness (QED) is 0.0798. The van der Waals surface area contributed by atoms with Gasteiger partial charge in [0, 0.05) is 61.7 Å². The van der Waals surface area contributed by atoms with Crippen LogP contribution in [0.4, 0.5) is 17.1 Å². The Morgan fingerprint density at radius 3 is 2.63 bits per heavy atom. The summed E-state index contributed by atoms with van der Waals surface area (Å²) in [6.07, 6.45) is 12.7. The third kappa shape index (κ3) is 8.73. The lowest BCUT2D eigenvalue weighted by Crippen LogP contribution is -2.54. The lowest BCUT2D eigenvalue weighted by atomic mass is 9.59. The molecule has 16 nitrogen and oxygen atoms in total. The molecule has 1 amide bonds. The van der Waals surface area contributed by atoms with Crippen molar-refractivity contribution in [3.63, 3.8) is 0 Å². The minimum atomic E-state index is -4.74. The molecule has 5 aromatic rings. The number of nitrogens with one attached hydrogen (secondary N) is 3. The molecule has 17 heteroatoms. The number of aromatic amines is 1. The first-order valence-corrected chi connectivity index (χ1v) is 24.5. The number of aromatic nitrogens is 3. The standard InChI is InChI=1S/C48H56N8O8S/c1-30(2)37-6-3-4-7-38(37)40-8-5-17-55(40)35-26-48(27-35)14-18-54(19-15-48)34-9-10-39(42(24-34)64-36-23-32-11-16-49-45(32)50-28-36)46(57)53-65(60,61)43-25-41(56(58)59)44-47(52-43)63-29-33(51-44)22-31-12-20-62-21-13-31/h3-4,6-7,9-11,16,23-25,28,30-31,33,35,40,51H,5,8,12-15,17-22,26-27,29H2,1-2H3,(H,49,50)(H,53,57)/t33-,40-/m0/s1. The van der Waals surface area contributed by atoms with Gasteiger partial charge < -0.3 is 29.4 Å². The fourth-order valence-corrected chi connectivity index (χ4v) is 11.9. The number of hydrogen-bond acceptors (Lipinski definition) is 13. The van der Waals surface area contributed by atoms with Crippen molar-refractivity contribution >= 4 is 44.0 Å². The zero-order chi connectivity index (χ0) is 44.9. The van der Waals surface area contributed by atoms with Gasteiger partial charge in [0.25, 0.3) is 15.9 Å². The van der Waals surface area contributed by atoms with Crippen LogP contribution in [0.1, 0.15) is 105 Å². The topological polar surface area (TPSA) is 194 Å². The Bertz CT molecular complexity index is 2700. The lowest BCUT2D eigenvalue weighted by molar-refractivity contribution is -0.384. The molecule has 65 heavy (non-hydrogen) atoms. The number of piperidine rings is 1. The van der Waals surface area contributed by atoms with Crippen molar-refractivity contribution < 1.29 is 32.3 Å². The van der Waals surface area contributed by atoms with Crippen molar-refractivity contribution in [3.8, 4) is 17.4 Å². The summed E-state index contributed by atoms with van der Waals surface area (Å²) in [4.78, 5) is 42.4. The molecule has 3 aromatic heterocycles. The number of hydrogen-bond donors (Lipinski definition) is 3. The predicted octanol–water partition coefficient (Wildman–Crippen LogP) is 8.48. The first kappa shape index (κ1) is 43.1. The lowest BCUT2D eigenvalue weighted by Gasteiger charge is -2.56. The van der Waals surface area contributed by atoms with E-state index in [1.54, 1.807) is 24.4 Å². The van der Waals surface area contributed by atoms with Gasteiger partial charge in [-0.05, 0) is 117 Å². The molecule has 0 radical (unpaired) electrons. The van der Waals surface area contributed by atoms with Gasteiger partial charge in [0.05, 0.1) is 28.8 Å². The third-order valence-corrected chi connectivity index (χ3v) is 15.7. The summed E-state index contributed by atoms with van der Waals surface area (Å²) in [5.74, 6) is 0.130. The molecule has 10 rings (SSSR count). The zero-order valence-electron chi connectivity index (χ0n) is 36.8. The fraction of sp³-hybridized carbons (Fsp3) is 0.479. The number of sulfonamides is 1. The summed E-state index contributed by atoms with van der Waals surface area (Å²) in [7, 11) is -4.74. The predicted molar refractivity (Wildman–Crippen MR) is 245 cm³/mol. The molecular weight excluding hydrogens is 849 g/mol. The maximum absolute atomic E-state index is 14.1. The molecular formula is C48H56N8O8S. The van der Waals surface area contributed by atoms with Gasteiger partial charge in [0.1, 0.15) is 23.8 Å². The number of carbonyl (C=O) groups is 1. The van der Waals surface area contributed by atoms with Crippen LogP contribution in [0.5, 0.6) is 17.4 Å². The Morgan fingerprint density at radius 1 is 1.05 bits per heavy atom. The second-order valence-corrected chi connectivity index (χ2v) is 20.5. The van der Waals surface area contributed by atoms with E-state index in [1.165, 1.54) is 43.0 Å². The third-order valence-electron chi connectivity index (χ3n) is 14.4. The molecule has 4 fully saturated rings. The Hall–Kier alpha value is -5.78. The summed E-state index contributed by atoms with van der Waals surface area (Å²) < 4.78 is 47.5. The van der Waals surface area contributed by atoms with Crippen molar-refractivity contribution in [2.24, 2.45) is 11.3 Å². The number of rotatable bonds is 12. The number of carbonyl (C=O) groups excluding carboxylic acids is 1. The van der Waals surface area contributed by atoms with Crippen molar-refractivity contribution in [1.29, 1.82) is 0 Å². The van der Waals surface area contributed by atoms with Gasteiger partial charge in [-0.15, -0.1) is 0 Å². The van der Waals surface area contributed by atoms with Crippen molar-refractivity contribution in [2.75, 3.05) is 49.7 Å². The molecule has 1 saturated carbocycles. The molecule has 2 atom stereocenters. The van der Waals surface area contributed by atoms with Gasteiger partial charge in [-0.3, -0.25) is 19.8 Å². The van der Waals surface area contributed by atoms with Crippen LogP contribution in [0.15, 0.2) is 78.1 Å². The van der Waals surface area contributed by atoms with Crippen LogP contribution in [0, 0.1) is 21.4 Å². The van der Waals surface area contributed by atoms with Gasteiger partial charge in [0.2, 0.25) is 5.88 Å². The highest BCUT2D eigenvalue weighted by molar-refractivity contribution is 7.90. The molecule has 1 aliphatic carbocycles. The van der Waals surface area contributed by atoms with E-state index >= 15 is 0 Å². The van der Waals surface area contributed by atoms with Gasteiger partial charge in [0.15, 0.2) is 10.7 Å².